The molecule has 1 aromatic heterocycles. The minimum Gasteiger partial charge on any atom is -0.421 e. The van der Waals surface area contributed by atoms with Crippen LogP contribution in [-0.2, 0) is 4.79 Å². The molecule has 5 nitrogen and oxygen atoms in total. The van der Waals surface area contributed by atoms with Gasteiger partial charge in [0.2, 0.25) is 6.41 Å². The second kappa shape index (κ2) is 3.55. The van der Waals surface area contributed by atoms with Crippen LogP contribution in [0.15, 0.2) is 39.5 Å². The van der Waals surface area contributed by atoms with Crippen molar-refractivity contribution in [3.05, 3.63) is 40.8 Å². The molecule has 2 rings (SSSR count). The maximum atomic E-state index is 11.4. The summed E-state index contributed by atoms with van der Waals surface area (Å²) in [5, 5.41) is 1.41. The highest BCUT2D eigenvalue weighted by molar-refractivity contribution is 5.83. The van der Waals surface area contributed by atoms with Crippen LogP contribution >= 0.6 is 0 Å². The van der Waals surface area contributed by atoms with Crippen LogP contribution in [-0.4, -0.2) is 6.41 Å². The predicted octanol–water partition coefficient (Wildman–Crippen LogP) is 0.629. The lowest BCUT2D eigenvalue weighted by Gasteiger charge is -2.08. The van der Waals surface area contributed by atoms with E-state index in [4.69, 9.17) is 10.3 Å². The van der Waals surface area contributed by atoms with Crippen LogP contribution < -0.4 is 16.5 Å². The number of fused-ring (bicyclic) bond motifs is 1. The van der Waals surface area contributed by atoms with E-state index >= 15 is 0 Å². The van der Waals surface area contributed by atoms with E-state index in [1.54, 1.807) is 24.3 Å². The van der Waals surface area contributed by atoms with Gasteiger partial charge in [0.1, 0.15) is 11.3 Å². The zero-order chi connectivity index (χ0) is 10.8. The monoisotopic (exact) mass is 204 g/mol. The van der Waals surface area contributed by atoms with Crippen LogP contribution in [0.4, 0.5) is 5.69 Å². The van der Waals surface area contributed by atoms with Gasteiger partial charge in [0.15, 0.2) is 0 Å². The van der Waals surface area contributed by atoms with Crippen LogP contribution in [0.25, 0.3) is 11.0 Å². The smallest absolute Gasteiger partial charge is 0.361 e. The molecule has 2 N–H and O–H groups in total. The molecule has 0 fully saturated rings. The predicted molar refractivity (Wildman–Crippen MR) is 55.2 cm³/mol. The second-order valence-electron chi connectivity index (χ2n) is 2.97. The Kier molecular flexibility index (Phi) is 2.23. The molecule has 0 bridgehead atoms. The third-order valence-corrected chi connectivity index (χ3v) is 2.01. The first-order chi connectivity index (χ1) is 7.22. The Hall–Kier alpha value is -2.14. The van der Waals surface area contributed by atoms with E-state index < -0.39 is 5.63 Å². The number of nitrogens with two attached hydrogens (primary N) is 1. The first-order valence-electron chi connectivity index (χ1n) is 4.24. The number of para-hydroxylation sites is 1. The maximum Gasteiger partial charge on any atom is 0.361 e. The van der Waals surface area contributed by atoms with Crippen molar-refractivity contribution in [1.29, 1.82) is 0 Å². The molecular weight excluding hydrogens is 196 g/mol. The van der Waals surface area contributed by atoms with Gasteiger partial charge in [0.25, 0.3) is 0 Å². The molecule has 5 heteroatoms. The normalized spacial score (nSPS) is 10.2. The minimum absolute atomic E-state index is 0.0173. The molecule has 1 amide bonds. The van der Waals surface area contributed by atoms with Crippen molar-refractivity contribution in [3.8, 4) is 0 Å². The van der Waals surface area contributed by atoms with Crippen molar-refractivity contribution in [2.24, 2.45) is 5.84 Å². The Bertz CT molecular complexity index is 562. The number of nitrogens with zero attached hydrogens (tertiary/aromatic N) is 1. The number of rotatable bonds is 2. The van der Waals surface area contributed by atoms with Crippen LogP contribution in [0.5, 0.6) is 0 Å². The summed E-state index contributed by atoms with van der Waals surface area (Å²) in [6, 6.07) is 8.50. The van der Waals surface area contributed by atoms with Crippen molar-refractivity contribution in [1.82, 2.24) is 0 Å². The number of amides is 1. The Balaban J connectivity index is 2.72. The van der Waals surface area contributed by atoms with Gasteiger partial charge in [0, 0.05) is 5.39 Å². The molecule has 0 unspecified atom stereocenters. The van der Waals surface area contributed by atoms with Crippen LogP contribution in [0, 0.1) is 0 Å². The summed E-state index contributed by atoms with van der Waals surface area (Å²) in [6.45, 7) is 0. The van der Waals surface area contributed by atoms with Gasteiger partial charge in [-0.2, -0.15) is 0 Å². The van der Waals surface area contributed by atoms with Gasteiger partial charge in [-0.3, -0.25) is 4.79 Å². The molecule has 1 heterocycles. The lowest BCUT2D eigenvalue weighted by atomic mass is 10.2. The average molecular weight is 204 g/mol. The lowest BCUT2D eigenvalue weighted by molar-refractivity contribution is -0.107. The number of hydrogen-bond acceptors (Lipinski definition) is 4. The van der Waals surface area contributed by atoms with Gasteiger partial charge < -0.3 is 4.42 Å². The van der Waals surface area contributed by atoms with E-state index in [0.717, 1.165) is 0 Å². The molecule has 0 aliphatic rings. The van der Waals surface area contributed by atoms with Crippen LogP contribution in [0.2, 0.25) is 0 Å². The van der Waals surface area contributed by atoms with Crippen molar-refractivity contribution in [3.63, 3.8) is 0 Å². The number of hydrogen-bond donors (Lipinski definition) is 1. The van der Waals surface area contributed by atoms with Crippen LogP contribution in [0.3, 0.4) is 0 Å². The summed E-state index contributed by atoms with van der Waals surface area (Å²) in [5.41, 5.74) is -0.155. The quantitative estimate of drug-likeness (QED) is 0.256. The van der Waals surface area contributed by atoms with Gasteiger partial charge in [-0.15, -0.1) is 0 Å². The average Bonchev–Trinajstić information content (AvgIpc) is 2.27. The standard InChI is InChI=1S/C10H8N2O3/c11-12(6-13)8-5-7-3-1-2-4-9(7)15-10(8)14/h1-6H,11H2. The van der Waals surface area contributed by atoms with E-state index in [0.29, 0.717) is 22.4 Å². The molecule has 76 valence electrons. The van der Waals surface area contributed by atoms with Crippen molar-refractivity contribution in [2.45, 2.75) is 0 Å². The highest BCUT2D eigenvalue weighted by atomic mass is 16.4. The first-order valence-corrected chi connectivity index (χ1v) is 4.24. The van der Waals surface area contributed by atoms with E-state index in [9.17, 15) is 9.59 Å². The molecule has 0 spiro atoms. The molecule has 0 radical (unpaired) electrons. The van der Waals surface area contributed by atoms with Gasteiger partial charge in [-0.05, 0) is 12.1 Å². The van der Waals surface area contributed by atoms with E-state index in [1.165, 1.54) is 6.07 Å². The van der Waals surface area contributed by atoms with E-state index in [1.807, 2.05) is 0 Å². The van der Waals surface area contributed by atoms with Gasteiger partial charge in [-0.1, -0.05) is 18.2 Å². The third-order valence-electron chi connectivity index (χ3n) is 2.01. The topological polar surface area (TPSA) is 76.5 Å². The summed E-state index contributed by atoms with van der Waals surface area (Å²) in [6.07, 6.45) is 0.348. The highest BCUT2D eigenvalue weighted by Crippen LogP contribution is 2.15. The lowest BCUT2D eigenvalue weighted by Crippen LogP contribution is -2.32. The van der Waals surface area contributed by atoms with Gasteiger partial charge in [0.05, 0.1) is 0 Å². The Labute approximate surface area is 84.7 Å². The first kappa shape index (κ1) is 9.42. The number of benzene rings is 1. The minimum atomic E-state index is -0.636. The van der Waals surface area contributed by atoms with Gasteiger partial charge >= 0.3 is 5.63 Å². The van der Waals surface area contributed by atoms with Gasteiger partial charge in [-0.25, -0.2) is 15.6 Å². The molecule has 0 atom stereocenters. The largest absolute Gasteiger partial charge is 0.421 e. The number of carbonyl (C=O) groups is 1. The molecule has 2 aromatic rings. The fraction of sp³-hybridized carbons (Fsp3) is 0. The fourth-order valence-corrected chi connectivity index (χ4v) is 1.29. The molecule has 0 saturated heterocycles. The Morgan fingerprint density at radius 2 is 2.07 bits per heavy atom. The molecule has 0 saturated carbocycles. The molecular formula is C10H8N2O3. The Morgan fingerprint density at radius 3 is 2.80 bits per heavy atom. The van der Waals surface area contributed by atoms with E-state index in [-0.39, 0.29) is 5.69 Å². The number of anilines is 1. The van der Waals surface area contributed by atoms with Crippen LogP contribution in [0.1, 0.15) is 0 Å². The maximum absolute atomic E-state index is 11.4. The summed E-state index contributed by atoms with van der Waals surface area (Å²) in [5.74, 6) is 5.29. The van der Waals surface area contributed by atoms with Crippen molar-refractivity contribution < 1.29 is 9.21 Å². The summed E-state index contributed by atoms with van der Waals surface area (Å²) in [7, 11) is 0. The third kappa shape index (κ3) is 1.60. The molecule has 1 aromatic carbocycles. The van der Waals surface area contributed by atoms with Crippen molar-refractivity contribution >= 4 is 23.1 Å². The zero-order valence-electron chi connectivity index (χ0n) is 7.71. The number of carbonyl (C=O) groups excluding carboxylic acids is 1. The second-order valence-corrected chi connectivity index (χ2v) is 2.97. The SMILES string of the molecule is NN(C=O)c1cc2ccccc2oc1=O. The Morgan fingerprint density at radius 1 is 1.33 bits per heavy atom. The fourth-order valence-electron chi connectivity index (χ4n) is 1.29. The highest BCUT2D eigenvalue weighted by Gasteiger charge is 2.08. The van der Waals surface area contributed by atoms with Crippen molar-refractivity contribution in [2.75, 3.05) is 5.01 Å². The van der Waals surface area contributed by atoms with E-state index in [2.05, 4.69) is 0 Å². The summed E-state index contributed by atoms with van der Waals surface area (Å²) < 4.78 is 4.98. The summed E-state index contributed by atoms with van der Waals surface area (Å²) >= 11 is 0. The molecule has 0 aliphatic carbocycles. The zero-order valence-corrected chi connectivity index (χ0v) is 7.71. The number of hydrazine groups is 1. The summed E-state index contributed by atoms with van der Waals surface area (Å²) in [4.78, 5) is 21.8. The molecule has 0 aliphatic heterocycles. The molecule has 15 heavy (non-hydrogen) atoms.